The second-order valence-corrected chi connectivity index (χ2v) is 6.21. The molecule has 3 rings (SSSR count). The lowest BCUT2D eigenvalue weighted by Crippen LogP contribution is -2.13. The van der Waals surface area contributed by atoms with Crippen molar-refractivity contribution in [2.24, 2.45) is 0 Å². The summed E-state index contributed by atoms with van der Waals surface area (Å²) < 4.78 is 1.90. The van der Waals surface area contributed by atoms with Crippen LogP contribution in [0.25, 0.3) is 0 Å². The number of hydrogen-bond acceptors (Lipinski definition) is 5. The number of thioether (sulfide) groups is 1. The largest absolute Gasteiger partial charge is 0.388 e. The number of ketones is 1. The molecule has 1 aromatic carbocycles. The first kappa shape index (κ1) is 14.3. The van der Waals surface area contributed by atoms with E-state index >= 15 is 0 Å². The fraction of sp³-hybridized carbons (Fsp3) is 0.400. The Balaban J connectivity index is 1.83. The summed E-state index contributed by atoms with van der Waals surface area (Å²) in [6.07, 6.45) is 1.66. The lowest BCUT2D eigenvalue weighted by molar-refractivity contribution is 0.1000. The van der Waals surface area contributed by atoms with E-state index in [1.807, 2.05) is 28.8 Å². The van der Waals surface area contributed by atoms with Crippen molar-refractivity contribution in [1.29, 1.82) is 0 Å². The van der Waals surface area contributed by atoms with Crippen LogP contribution < -0.4 is 0 Å². The number of hydrogen-bond donors (Lipinski definition) is 1. The van der Waals surface area contributed by atoms with E-state index in [4.69, 9.17) is 0 Å². The van der Waals surface area contributed by atoms with E-state index in [1.54, 1.807) is 0 Å². The van der Waals surface area contributed by atoms with E-state index < -0.39 is 0 Å². The molecule has 2 aromatic rings. The third-order valence-electron chi connectivity index (χ3n) is 3.61. The maximum atomic E-state index is 12.4. The SMILES string of the molecule is CCCn1c(CO)nnc1SC1Cc2ccccc2C1=O. The summed E-state index contributed by atoms with van der Waals surface area (Å²) >= 11 is 1.45. The van der Waals surface area contributed by atoms with Gasteiger partial charge >= 0.3 is 0 Å². The number of carbonyl (C=O) groups excluding carboxylic acids is 1. The summed E-state index contributed by atoms with van der Waals surface area (Å²) in [7, 11) is 0. The first-order valence-corrected chi connectivity index (χ1v) is 7.94. The van der Waals surface area contributed by atoms with E-state index in [9.17, 15) is 9.90 Å². The Morgan fingerprint density at radius 2 is 2.19 bits per heavy atom. The van der Waals surface area contributed by atoms with Gasteiger partial charge in [-0.25, -0.2) is 0 Å². The van der Waals surface area contributed by atoms with Crippen molar-refractivity contribution in [1.82, 2.24) is 14.8 Å². The predicted octanol–water partition coefficient (Wildman–Crippen LogP) is 2.08. The average Bonchev–Trinajstić information content (AvgIpc) is 3.03. The highest BCUT2D eigenvalue weighted by atomic mass is 32.2. The van der Waals surface area contributed by atoms with Crippen LogP contribution in [0.4, 0.5) is 0 Å². The van der Waals surface area contributed by atoms with Gasteiger partial charge in [-0.2, -0.15) is 0 Å². The molecule has 21 heavy (non-hydrogen) atoms. The Labute approximate surface area is 127 Å². The molecule has 0 saturated carbocycles. The lowest BCUT2D eigenvalue weighted by Gasteiger charge is -2.10. The fourth-order valence-electron chi connectivity index (χ4n) is 2.60. The number of aliphatic hydroxyl groups is 1. The molecular formula is C15H17N3O2S. The van der Waals surface area contributed by atoms with Crippen LogP contribution in [0.2, 0.25) is 0 Å². The van der Waals surface area contributed by atoms with E-state index in [1.165, 1.54) is 11.8 Å². The van der Waals surface area contributed by atoms with Gasteiger partial charge in [0.25, 0.3) is 0 Å². The summed E-state index contributed by atoms with van der Waals surface area (Å²) in [5.41, 5.74) is 1.92. The minimum Gasteiger partial charge on any atom is -0.388 e. The molecule has 0 amide bonds. The molecule has 1 unspecified atom stereocenters. The minimum absolute atomic E-state index is 0.133. The molecular weight excluding hydrogens is 286 g/mol. The van der Waals surface area contributed by atoms with Crippen molar-refractivity contribution in [3.63, 3.8) is 0 Å². The van der Waals surface area contributed by atoms with Crippen molar-refractivity contribution in [3.05, 3.63) is 41.2 Å². The number of rotatable bonds is 5. The van der Waals surface area contributed by atoms with E-state index in [2.05, 4.69) is 17.1 Å². The highest BCUT2D eigenvalue weighted by Crippen LogP contribution is 2.34. The van der Waals surface area contributed by atoms with Crippen LogP contribution in [0, 0.1) is 0 Å². The second-order valence-electron chi connectivity index (χ2n) is 5.04. The van der Waals surface area contributed by atoms with Gasteiger partial charge in [0.2, 0.25) is 0 Å². The Morgan fingerprint density at radius 3 is 2.90 bits per heavy atom. The average molecular weight is 303 g/mol. The van der Waals surface area contributed by atoms with Gasteiger partial charge < -0.3 is 9.67 Å². The lowest BCUT2D eigenvalue weighted by atomic mass is 10.1. The summed E-state index contributed by atoms with van der Waals surface area (Å²) in [6.45, 7) is 2.68. The number of carbonyl (C=O) groups is 1. The Morgan fingerprint density at radius 1 is 1.38 bits per heavy atom. The summed E-state index contributed by atoms with van der Waals surface area (Å²) in [4.78, 5) is 12.4. The number of nitrogens with zero attached hydrogens (tertiary/aromatic N) is 3. The molecule has 0 aliphatic heterocycles. The monoisotopic (exact) mass is 303 g/mol. The number of benzene rings is 1. The molecule has 1 aromatic heterocycles. The van der Waals surface area contributed by atoms with Gasteiger partial charge in [0.05, 0.1) is 5.25 Å². The molecule has 0 bridgehead atoms. The zero-order chi connectivity index (χ0) is 14.8. The summed E-state index contributed by atoms with van der Waals surface area (Å²) in [5, 5.41) is 18.0. The maximum absolute atomic E-state index is 12.4. The summed E-state index contributed by atoms with van der Waals surface area (Å²) in [6, 6.07) is 7.74. The number of fused-ring (bicyclic) bond motifs is 1. The maximum Gasteiger partial charge on any atom is 0.192 e. The number of aromatic nitrogens is 3. The van der Waals surface area contributed by atoms with Crippen LogP contribution in [0.15, 0.2) is 29.4 Å². The smallest absolute Gasteiger partial charge is 0.192 e. The third kappa shape index (κ3) is 2.61. The molecule has 0 spiro atoms. The van der Waals surface area contributed by atoms with E-state index in [0.717, 1.165) is 30.5 Å². The van der Waals surface area contributed by atoms with Gasteiger partial charge in [-0.1, -0.05) is 43.0 Å². The fourth-order valence-corrected chi connectivity index (χ4v) is 3.76. The molecule has 0 saturated heterocycles. The number of Topliss-reactive ketones (excluding diaryl/α,β-unsaturated/α-hetero) is 1. The van der Waals surface area contributed by atoms with Gasteiger partial charge in [-0.3, -0.25) is 4.79 Å². The highest BCUT2D eigenvalue weighted by molar-refractivity contribution is 8.00. The Hall–Kier alpha value is -1.66. The van der Waals surface area contributed by atoms with Crippen molar-refractivity contribution in [2.45, 2.75) is 43.3 Å². The molecule has 1 N–H and O–H groups in total. The van der Waals surface area contributed by atoms with Crippen LogP contribution >= 0.6 is 11.8 Å². The topological polar surface area (TPSA) is 68.0 Å². The standard InChI is InChI=1S/C15H17N3O2S/c1-2-7-18-13(9-19)16-17-15(18)21-12-8-10-5-3-4-6-11(10)14(12)20/h3-6,12,19H,2,7-9H2,1H3. The van der Waals surface area contributed by atoms with Gasteiger partial charge in [0.15, 0.2) is 16.8 Å². The van der Waals surface area contributed by atoms with Gasteiger partial charge in [0, 0.05) is 12.1 Å². The zero-order valence-corrected chi connectivity index (χ0v) is 12.6. The molecule has 110 valence electrons. The van der Waals surface area contributed by atoms with Crippen LogP contribution in [-0.4, -0.2) is 30.9 Å². The van der Waals surface area contributed by atoms with Crippen LogP contribution in [0.1, 0.15) is 35.1 Å². The molecule has 1 atom stereocenters. The van der Waals surface area contributed by atoms with Crippen LogP contribution in [0.5, 0.6) is 0 Å². The first-order chi connectivity index (χ1) is 10.2. The first-order valence-electron chi connectivity index (χ1n) is 7.06. The van der Waals surface area contributed by atoms with Crippen molar-refractivity contribution in [2.75, 3.05) is 0 Å². The highest BCUT2D eigenvalue weighted by Gasteiger charge is 2.32. The molecule has 1 aliphatic rings. The quantitative estimate of drug-likeness (QED) is 0.916. The minimum atomic E-state index is -0.145. The number of aliphatic hydroxyl groups excluding tert-OH is 1. The molecule has 0 radical (unpaired) electrons. The van der Waals surface area contributed by atoms with Crippen LogP contribution in [-0.2, 0) is 19.6 Å². The van der Waals surface area contributed by atoms with Gasteiger partial charge in [-0.05, 0) is 18.4 Å². The van der Waals surface area contributed by atoms with Gasteiger partial charge in [-0.15, -0.1) is 10.2 Å². The predicted molar refractivity (Wildman–Crippen MR) is 80.4 cm³/mol. The van der Waals surface area contributed by atoms with Crippen molar-refractivity contribution in [3.8, 4) is 0 Å². The molecule has 5 nitrogen and oxygen atoms in total. The van der Waals surface area contributed by atoms with E-state index in [0.29, 0.717) is 11.0 Å². The summed E-state index contributed by atoms with van der Waals surface area (Å²) in [5.74, 6) is 0.717. The zero-order valence-electron chi connectivity index (χ0n) is 11.8. The Bertz CT molecular complexity index is 669. The molecule has 1 aliphatic carbocycles. The molecule has 1 heterocycles. The van der Waals surface area contributed by atoms with E-state index in [-0.39, 0.29) is 17.6 Å². The van der Waals surface area contributed by atoms with Gasteiger partial charge in [0.1, 0.15) is 6.61 Å². The Kier molecular flexibility index (Phi) is 4.07. The van der Waals surface area contributed by atoms with Crippen molar-refractivity contribution >= 4 is 17.5 Å². The van der Waals surface area contributed by atoms with Crippen molar-refractivity contribution < 1.29 is 9.90 Å². The third-order valence-corrected chi connectivity index (χ3v) is 4.79. The molecule has 6 heteroatoms. The normalized spacial score (nSPS) is 17.2. The van der Waals surface area contributed by atoms with Crippen LogP contribution in [0.3, 0.4) is 0 Å². The second kappa shape index (κ2) is 5.99. The molecule has 0 fully saturated rings.